The van der Waals surface area contributed by atoms with Gasteiger partial charge in [-0.25, -0.2) is 0 Å². The molecule has 2 aromatic rings. The van der Waals surface area contributed by atoms with Crippen molar-refractivity contribution < 1.29 is 9.47 Å². The van der Waals surface area contributed by atoms with Gasteiger partial charge in [-0.1, -0.05) is 30.3 Å². The monoisotopic (exact) mass is 270 g/mol. The molecule has 20 heavy (non-hydrogen) atoms. The second-order valence-electron chi connectivity index (χ2n) is 4.27. The minimum Gasteiger partial charge on any atom is -0.493 e. The number of nitrogens with two attached hydrogens (primary N) is 1. The van der Waals surface area contributed by atoms with Crippen molar-refractivity contribution >= 4 is 5.84 Å². The van der Waals surface area contributed by atoms with Crippen LogP contribution in [0.3, 0.4) is 0 Å². The van der Waals surface area contributed by atoms with E-state index in [0.29, 0.717) is 24.5 Å². The molecule has 3 N–H and O–H groups in total. The molecule has 2 rings (SSSR count). The Bertz CT molecular complexity index is 555. The average Bonchev–Trinajstić information content (AvgIpc) is 2.48. The van der Waals surface area contributed by atoms with Gasteiger partial charge in [-0.15, -0.1) is 0 Å². The van der Waals surface area contributed by atoms with Crippen molar-refractivity contribution in [1.29, 1.82) is 5.41 Å². The number of nitrogen functional groups attached to an aromatic ring is 1. The van der Waals surface area contributed by atoms with E-state index in [0.717, 1.165) is 12.2 Å². The molecule has 0 unspecified atom stereocenters. The fourth-order valence-electron chi connectivity index (χ4n) is 1.76. The molecular formula is C16H18N2O2. The van der Waals surface area contributed by atoms with Crippen molar-refractivity contribution in [3.8, 4) is 11.5 Å². The molecule has 4 nitrogen and oxygen atoms in total. The lowest BCUT2D eigenvalue weighted by Gasteiger charge is -2.10. The normalized spacial score (nSPS) is 10.0. The fraction of sp³-hybridized carbons (Fsp3) is 0.188. The molecule has 0 atom stereocenters. The Morgan fingerprint density at radius 3 is 2.30 bits per heavy atom. The second kappa shape index (κ2) is 7.19. The van der Waals surface area contributed by atoms with Gasteiger partial charge >= 0.3 is 0 Å². The van der Waals surface area contributed by atoms with Crippen molar-refractivity contribution in [3.63, 3.8) is 0 Å². The Labute approximate surface area is 118 Å². The van der Waals surface area contributed by atoms with Gasteiger partial charge in [-0.2, -0.15) is 0 Å². The van der Waals surface area contributed by atoms with E-state index in [9.17, 15) is 0 Å². The van der Waals surface area contributed by atoms with E-state index < -0.39 is 0 Å². The predicted octanol–water partition coefficient (Wildman–Crippen LogP) is 2.82. The first-order valence-electron chi connectivity index (χ1n) is 6.51. The van der Waals surface area contributed by atoms with E-state index in [1.807, 2.05) is 48.5 Å². The quantitative estimate of drug-likeness (QED) is 0.462. The molecule has 0 heterocycles. The molecule has 2 aromatic carbocycles. The number of hydrogen-bond acceptors (Lipinski definition) is 3. The summed E-state index contributed by atoms with van der Waals surface area (Å²) in [7, 11) is 0. The molecule has 0 aliphatic carbocycles. The summed E-state index contributed by atoms with van der Waals surface area (Å²) in [5.74, 6) is 1.51. The third-order valence-corrected chi connectivity index (χ3v) is 2.74. The SMILES string of the molecule is N=C(N)c1ccccc1OCCCOc1ccccc1. The summed E-state index contributed by atoms with van der Waals surface area (Å²) in [6, 6.07) is 17.0. The van der Waals surface area contributed by atoms with E-state index in [-0.39, 0.29) is 5.84 Å². The Hall–Kier alpha value is -2.49. The summed E-state index contributed by atoms with van der Waals surface area (Å²) in [6.45, 7) is 1.11. The maximum Gasteiger partial charge on any atom is 0.130 e. The molecule has 0 spiro atoms. The summed E-state index contributed by atoms with van der Waals surface area (Å²) in [5, 5.41) is 7.48. The molecule has 0 aliphatic rings. The molecule has 0 radical (unpaired) electrons. The molecule has 0 aliphatic heterocycles. The lowest BCUT2D eigenvalue weighted by molar-refractivity contribution is 0.247. The molecular weight excluding hydrogens is 252 g/mol. The number of hydrogen-bond donors (Lipinski definition) is 2. The number of benzene rings is 2. The Morgan fingerprint density at radius 1 is 0.900 bits per heavy atom. The van der Waals surface area contributed by atoms with Crippen molar-refractivity contribution in [2.24, 2.45) is 5.73 Å². The molecule has 4 heteroatoms. The summed E-state index contributed by atoms with van der Waals surface area (Å²) >= 11 is 0. The van der Waals surface area contributed by atoms with Crippen molar-refractivity contribution in [1.82, 2.24) is 0 Å². The molecule has 0 saturated heterocycles. The van der Waals surface area contributed by atoms with Crippen LogP contribution in [0.25, 0.3) is 0 Å². The summed E-state index contributed by atoms with van der Waals surface area (Å²) < 4.78 is 11.2. The van der Waals surface area contributed by atoms with Gasteiger partial charge in [0, 0.05) is 6.42 Å². The lowest BCUT2D eigenvalue weighted by atomic mass is 10.2. The van der Waals surface area contributed by atoms with Crippen LogP contribution < -0.4 is 15.2 Å². The lowest BCUT2D eigenvalue weighted by Crippen LogP contribution is -2.14. The first-order chi connectivity index (χ1) is 9.77. The Balaban J connectivity index is 1.75. The predicted molar refractivity (Wildman–Crippen MR) is 79.5 cm³/mol. The maximum absolute atomic E-state index is 7.48. The molecule has 0 aromatic heterocycles. The van der Waals surface area contributed by atoms with Gasteiger partial charge in [-0.05, 0) is 24.3 Å². The zero-order valence-corrected chi connectivity index (χ0v) is 11.2. The highest BCUT2D eigenvalue weighted by atomic mass is 16.5. The van der Waals surface area contributed by atoms with Crippen LogP contribution in [0.1, 0.15) is 12.0 Å². The average molecular weight is 270 g/mol. The highest BCUT2D eigenvalue weighted by Crippen LogP contribution is 2.17. The zero-order chi connectivity index (χ0) is 14.2. The number of nitrogens with one attached hydrogen (secondary N) is 1. The smallest absolute Gasteiger partial charge is 0.130 e. The Kier molecular flexibility index (Phi) is 5.00. The van der Waals surface area contributed by atoms with Gasteiger partial charge in [-0.3, -0.25) is 5.41 Å². The fourth-order valence-corrected chi connectivity index (χ4v) is 1.76. The van der Waals surface area contributed by atoms with E-state index in [2.05, 4.69) is 0 Å². The van der Waals surface area contributed by atoms with E-state index in [1.165, 1.54) is 0 Å². The molecule has 0 fully saturated rings. The van der Waals surface area contributed by atoms with Crippen LogP contribution in [0.2, 0.25) is 0 Å². The van der Waals surface area contributed by atoms with Crippen LogP contribution in [0, 0.1) is 5.41 Å². The summed E-state index contributed by atoms with van der Waals surface area (Å²) in [5.41, 5.74) is 6.12. The van der Waals surface area contributed by atoms with Gasteiger partial charge in [0.25, 0.3) is 0 Å². The standard InChI is InChI=1S/C16H18N2O2/c17-16(18)14-9-4-5-10-15(14)20-12-6-11-19-13-7-2-1-3-8-13/h1-5,7-10H,6,11-12H2,(H3,17,18). The van der Waals surface area contributed by atoms with Crippen LogP contribution in [0.5, 0.6) is 11.5 Å². The van der Waals surface area contributed by atoms with Crippen LogP contribution in [-0.4, -0.2) is 19.0 Å². The van der Waals surface area contributed by atoms with Crippen molar-refractivity contribution in [3.05, 3.63) is 60.2 Å². The minimum absolute atomic E-state index is 0.0149. The molecule has 0 bridgehead atoms. The summed E-state index contributed by atoms with van der Waals surface area (Å²) in [4.78, 5) is 0. The third kappa shape index (κ3) is 4.02. The highest BCUT2D eigenvalue weighted by molar-refractivity contribution is 5.97. The van der Waals surface area contributed by atoms with E-state index >= 15 is 0 Å². The minimum atomic E-state index is 0.0149. The number of amidine groups is 1. The van der Waals surface area contributed by atoms with Gasteiger partial charge in [0.15, 0.2) is 0 Å². The van der Waals surface area contributed by atoms with Gasteiger partial charge in [0.2, 0.25) is 0 Å². The van der Waals surface area contributed by atoms with Crippen LogP contribution >= 0.6 is 0 Å². The van der Waals surface area contributed by atoms with E-state index in [1.54, 1.807) is 6.07 Å². The van der Waals surface area contributed by atoms with Gasteiger partial charge < -0.3 is 15.2 Å². The van der Waals surface area contributed by atoms with Crippen molar-refractivity contribution in [2.75, 3.05) is 13.2 Å². The number of rotatable bonds is 7. The molecule has 0 amide bonds. The largest absolute Gasteiger partial charge is 0.493 e. The van der Waals surface area contributed by atoms with Crippen LogP contribution in [-0.2, 0) is 0 Å². The maximum atomic E-state index is 7.48. The molecule has 0 saturated carbocycles. The topological polar surface area (TPSA) is 68.3 Å². The van der Waals surface area contributed by atoms with E-state index in [4.69, 9.17) is 20.6 Å². The van der Waals surface area contributed by atoms with Gasteiger partial charge in [0.1, 0.15) is 17.3 Å². The molecule has 104 valence electrons. The third-order valence-electron chi connectivity index (χ3n) is 2.74. The van der Waals surface area contributed by atoms with Crippen LogP contribution in [0.4, 0.5) is 0 Å². The number of ether oxygens (including phenoxy) is 2. The second-order valence-corrected chi connectivity index (χ2v) is 4.27. The first kappa shape index (κ1) is 13.9. The highest BCUT2D eigenvalue weighted by Gasteiger charge is 2.04. The zero-order valence-electron chi connectivity index (χ0n) is 11.2. The summed E-state index contributed by atoms with van der Waals surface area (Å²) in [6.07, 6.45) is 0.765. The van der Waals surface area contributed by atoms with Gasteiger partial charge in [0.05, 0.1) is 18.8 Å². The number of para-hydroxylation sites is 2. The Morgan fingerprint density at radius 2 is 1.55 bits per heavy atom. The van der Waals surface area contributed by atoms with Crippen LogP contribution in [0.15, 0.2) is 54.6 Å². The first-order valence-corrected chi connectivity index (χ1v) is 6.51. The van der Waals surface area contributed by atoms with Crippen molar-refractivity contribution in [2.45, 2.75) is 6.42 Å².